The molecule has 7 nitrogen and oxygen atoms in total. The van der Waals surface area contributed by atoms with Crippen LogP contribution in [0.1, 0.15) is 26.3 Å². The van der Waals surface area contributed by atoms with Crippen LogP contribution in [0.3, 0.4) is 0 Å². The first-order valence-electron chi connectivity index (χ1n) is 8.76. The molecule has 0 unspecified atom stereocenters. The molecule has 0 saturated carbocycles. The fourth-order valence-electron chi connectivity index (χ4n) is 2.04. The highest BCUT2D eigenvalue weighted by Gasteiger charge is 2.16. The molecule has 0 saturated heterocycles. The van der Waals surface area contributed by atoms with Crippen molar-refractivity contribution in [2.45, 2.75) is 26.4 Å². The van der Waals surface area contributed by atoms with Crippen LogP contribution in [0.25, 0.3) is 0 Å². The zero-order valence-corrected chi connectivity index (χ0v) is 16.2. The molecule has 148 valence electrons. The average Bonchev–Trinajstić information content (AvgIpc) is 2.65. The summed E-state index contributed by atoms with van der Waals surface area (Å²) >= 11 is 0. The van der Waals surface area contributed by atoms with Crippen LogP contribution in [0, 0.1) is 0 Å². The predicted octanol–water partition coefficient (Wildman–Crippen LogP) is 2.94. The molecular weight excluding hydrogens is 360 g/mol. The van der Waals surface area contributed by atoms with E-state index in [1.165, 1.54) is 6.21 Å². The summed E-state index contributed by atoms with van der Waals surface area (Å²) in [6.45, 7) is 5.10. The van der Waals surface area contributed by atoms with Crippen molar-refractivity contribution >= 4 is 18.1 Å². The van der Waals surface area contributed by atoms with E-state index in [0.29, 0.717) is 11.5 Å². The molecule has 0 atom stereocenters. The van der Waals surface area contributed by atoms with E-state index in [0.717, 1.165) is 5.56 Å². The molecular formula is C21H24N2O5. The van der Waals surface area contributed by atoms with Gasteiger partial charge in [0.2, 0.25) is 0 Å². The summed E-state index contributed by atoms with van der Waals surface area (Å²) in [5.74, 6) is 0.350. The first-order valence-corrected chi connectivity index (χ1v) is 8.76. The van der Waals surface area contributed by atoms with Gasteiger partial charge >= 0.3 is 5.97 Å². The smallest absolute Gasteiger partial charge is 0.344 e. The lowest BCUT2D eigenvalue weighted by atomic mass is 10.2. The van der Waals surface area contributed by atoms with Crippen molar-refractivity contribution < 1.29 is 23.8 Å². The molecule has 0 aliphatic heterocycles. The summed E-state index contributed by atoms with van der Waals surface area (Å²) in [5.41, 5.74) is 2.60. The van der Waals surface area contributed by atoms with Gasteiger partial charge in [-0.15, -0.1) is 0 Å². The number of amides is 1. The molecule has 0 aliphatic rings. The molecule has 2 aromatic rings. The third-order valence-electron chi connectivity index (χ3n) is 3.17. The van der Waals surface area contributed by atoms with E-state index in [1.54, 1.807) is 57.2 Å². The summed E-state index contributed by atoms with van der Waals surface area (Å²) < 4.78 is 15.9. The molecule has 0 spiro atoms. The van der Waals surface area contributed by atoms with Crippen LogP contribution in [0.2, 0.25) is 0 Å². The lowest BCUT2D eigenvalue weighted by molar-refractivity contribution is -0.157. The Bertz CT molecular complexity index is 796. The molecule has 0 bridgehead atoms. The Morgan fingerprint density at radius 2 is 1.54 bits per heavy atom. The van der Waals surface area contributed by atoms with Crippen molar-refractivity contribution in [3.05, 3.63) is 60.2 Å². The van der Waals surface area contributed by atoms with Crippen molar-refractivity contribution in [3.63, 3.8) is 0 Å². The SMILES string of the molecule is CC(C)(C)OC(=O)COc1ccc(C=NNC(=O)COc2ccccc2)cc1. The molecule has 0 heterocycles. The van der Waals surface area contributed by atoms with Gasteiger partial charge in [0.05, 0.1) is 6.21 Å². The Morgan fingerprint density at radius 3 is 2.18 bits per heavy atom. The maximum absolute atomic E-state index is 11.7. The minimum Gasteiger partial charge on any atom is -0.484 e. The number of nitrogens with zero attached hydrogens (tertiary/aromatic N) is 1. The molecule has 0 aliphatic carbocycles. The molecule has 0 aromatic heterocycles. The van der Waals surface area contributed by atoms with Gasteiger partial charge in [-0.3, -0.25) is 4.79 Å². The number of para-hydroxylation sites is 1. The second kappa shape index (κ2) is 10.1. The van der Waals surface area contributed by atoms with Gasteiger partial charge in [-0.1, -0.05) is 18.2 Å². The molecule has 1 amide bonds. The van der Waals surface area contributed by atoms with Crippen molar-refractivity contribution in [3.8, 4) is 11.5 Å². The summed E-state index contributed by atoms with van der Waals surface area (Å²) in [7, 11) is 0. The molecule has 0 radical (unpaired) electrons. The van der Waals surface area contributed by atoms with Gasteiger partial charge in [-0.2, -0.15) is 5.10 Å². The number of nitrogens with one attached hydrogen (secondary N) is 1. The fourth-order valence-corrected chi connectivity index (χ4v) is 2.04. The number of carbonyl (C=O) groups is 2. The summed E-state index contributed by atoms with van der Waals surface area (Å²) in [5, 5.41) is 3.88. The number of hydrogen-bond acceptors (Lipinski definition) is 6. The standard InChI is InChI=1S/C21H24N2O5/c1-21(2,3)28-20(25)15-27-18-11-9-16(10-12-18)13-22-23-19(24)14-26-17-7-5-4-6-8-17/h4-13H,14-15H2,1-3H3,(H,23,24). The van der Waals surface area contributed by atoms with Crippen LogP contribution in [0.5, 0.6) is 11.5 Å². The first kappa shape index (κ1) is 21.0. The number of carbonyl (C=O) groups excluding carboxylic acids is 2. The van der Waals surface area contributed by atoms with Crippen LogP contribution in [-0.2, 0) is 14.3 Å². The highest BCUT2D eigenvalue weighted by molar-refractivity contribution is 5.83. The molecule has 7 heteroatoms. The Morgan fingerprint density at radius 1 is 0.929 bits per heavy atom. The fraction of sp³-hybridized carbons (Fsp3) is 0.286. The maximum Gasteiger partial charge on any atom is 0.344 e. The van der Waals surface area contributed by atoms with Crippen LogP contribution in [-0.4, -0.2) is 36.9 Å². The van der Waals surface area contributed by atoms with Gasteiger partial charge in [-0.25, -0.2) is 10.2 Å². The van der Waals surface area contributed by atoms with Gasteiger partial charge in [0.25, 0.3) is 5.91 Å². The number of ether oxygens (including phenoxy) is 3. The minimum atomic E-state index is -0.544. The van der Waals surface area contributed by atoms with E-state index >= 15 is 0 Å². The lowest BCUT2D eigenvalue weighted by Gasteiger charge is -2.19. The summed E-state index contributed by atoms with van der Waals surface area (Å²) in [6, 6.07) is 16.0. The van der Waals surface area contributed by atoms with Gasteiger partial charge < -0.3 is 14.2 Å². The van der Waals surface area contributed by atoms with E-state index < -0.39 is 11.6 Å². The lowest BCUT2D eigenvalue weighted by Crippen LogP contribution is -2.27. The van der Waals surface area contributed by atoms with E-state index in [-0.39, 0.29) is 19.1 Å². The molecule has 1 N–H and O–H groups in total. The third-order valence-corrected chi connectivity index (χ3v) is 3.17. The highest BCUT2D eigenvalue weighted by atomic mass is 16.6. The van der Waals surface area contributed by atoms with Crippen LogP contribution < -0.4 is 14.9 Å². The van der Waals surface area contributed by atoms with E-state index in [1.807, 2.05) is 18.2 Å². The number of hydrogen-bond donors (Lipinski definition) is 1. The van der Waals surface area contributed by atoms with E-state index in [9.17, 15) is 9.59 Å². The van der Waals surface area contributed by atoms with Crippen molar-refractivity contribution in [2.75, 3.05) is 13.2 Å². The minimum absolute atomic E-state index is 0.126. The number of esters is 1. The predicted molar refractivity (Wildman–Crippen MR) is 105 cm³/mol. The topological polar surface area (TPSA) is 86.2 Å². The second-order valence-electron chi connectivity index (χ2n) is 6.84. The Labute approximate surface area is 164 Å². The van der Waals surface area contributed by atoms with Gasteiger partial charge in [0, 0.05) is 0 Å². The molecule has 28 heavy (non-hydrogen) atoms. The first-order chi connectivity index (χ1) is 13.3. The van der Waals surface area contributed by atoms with Crippen molar-refractivity contribution in [1.82, 2.24) is 5.43 Å². The second-order valence-corrected chi connectivity index (χ2v) is 6.84. The van der Waals surface area contributed by atoms with Crippen LogP contribution in [0.4, 0.5) is 0 Å². The zero-order chi connectivity index (χ0) is 20.4. The van der Waals surface area contributed by atoms with Crippen LogP contribution >= 0.6 is 0 Å². The highest BCUT2D eigenvalue weighted by Crippen LogP contribution is 2.12. The third kappa shape index (κ3) is 8.35. The van der Waals surface area contributed by atoms with Gasteiger partial charge in [-0.05, 0) is 62.7 Å². The normalized spacial score (nSPS) is 11.1. The molecule has 2 rings (SSSR count). The number of rotatable bonds is 8. The number of hydrazone groups is 1. The maximum atomic E-state index is 11.7. The Hall–Kier alpha value is -3.35. The summed E-state index contributed by atoms with van der Waals surface area (Å²) in [4.78, 5) is 23.3. The zero-order valence-electron chi connectivity index (χ0n) is 16.2. The van der Waals surface area contributed by atoms with E-state index in [2.05, 4.69) is 10.5 Å². The Kier molecular flexibility index (Phi) is 7.56. The van der Waals surface area contributed by atoms with Crippen molar-refractivity contribution in [2.24, 2.45) is 5.10 Å². The van der Waals surface area contributed by atoms with E-state index in [4.69, 9.17) is 14.2 Å². The average molecular weight is 384 g/mol. The van der Waals surface area contributed by atoms with Crippen molar-refractivity contribution in [1.29, 1.82) is 0 Å². The van der Waals surface area contributed by atoms with Gasteiger partial charge in [0.1, 0.15) is 17.1 Å². The monoisotopic (exact) mass is 384 g/mol. The summed E-state index contributed by atoms with van der Waals surface area (Å²) in [6.07, 6.45) is 1.50. The van der Waals surface area contributed by atoms with Crippen LogP contribution in [0.15, 0.2) is 59.7 Å². The largest absolute Gasteiger partial charge is 0.484 e. The Balaban J connectivity index is 1.72. The van der Waals surface area contributed by atoms with Gasteiger partial charge in [0.15, 0.2) is 13.2 Å². The number of benzene rings is 2. The molecule has 2 aromatic carbocycles. The molecule has 0 fully saturated rings. The quantitative estimate of drug-likeness (QED) is 0.430.